The molecule has 22 heavy (non-hydrogen) atoms. The summed E-state index contributed by atoms with van der Waals surface area (Å²) in [4.78, 5) is 26.4. The van der Waals surface area contributed by atoms with Crippen molar-refractivity contribution >= 4 is 11.9 Å². The van der Waals surface area contributed by atoms with Crippen molar-refractivity contribution in [3.8, 4) is 0 Å². The predicted molar refractivity (Wildman–Crippen MR) is 77.9 cm³/mol. The Morgan fingerprint density at radius 1 is 1.18 bits per heavy atom. The topological polar surface area (TPSA) is 66.8 Å². The van der Waals surface area contributed by atoms with Crippen molar-refractivity contribution in [2.24, 2.45) is 11.8 Å². The molecule has 0 radical (unpaired) electrons. The fourth-order valence-electron chi connectivity index (χ4n) is 4.34. The molecule has 2 saturated heterocycles. The zero-order valence-corrected chi connectivity index (χ0v) is 12.4. The van der Waals surface area contributed by atoms with E-state index in [1.54, 1.807) is 0 Å². The molecule has 0 spiro atoms. The molecule has 1 unspecified atom stereocenters. The van der Waals surface area contributed by atoms with Gasteiger partial charge in [0.05, 0.1) is 30.1 Å². The van der Waals surface area contributed by atoms with Crippen LogP contribution in [0.2, 0.25) is 0 Å². The van der Waals surface area contributed by atoms with Crippen LogP contribution in [0.1, 0.15) is 36.9 Å². The maximum atomic E-state index is 13.0. The van der Waals surface area contributed by atoms with E-state index < -0.39 is 17.8 Å². The zero-order valence-electron chi connectivity index (χ0n) is 12.4. The van der Waals surface area contributed by atoms with Gasteiger partial charge in [-0.2, -0.15) is 0 Å². The van der Waals surface area contributed by atoms with E-state index in [1.807, 2.05) is 36.1 Å². The predicted octanol–water partition coefficient (Wildman–Crippen LogP) is 1.97. The van der Waals surface area contributed by atoms with Gasteiger partial charge in [-0.25, -0.2) is 0 Å². The number of rotatable bonds is 2. The summed E-state index contributed by atoms with van der Waals surface area (Å²) in [6.07, 6.45) is 1.02. The molecule has 116 valence electrons. The molecule has 5 nitrogen and oxygen atoms in total. The van der Waals surface area contributed by atoms with Gasteiger partial charge in [0, 0.05) is 6.54 Å². The van der Waals surface area contributed by atoms with Gasteiger partial charge in [-0.1, -0.05) is 24.3 Å². The van der Waals surface area contributed by atoms with E-state index in [-0.39, 0.29) is 24.2 Å². The number of carbonyl (C=O) groups excluding carboxylic acids is 1. The molecule has 3 heterocycles. The van der Waals surface area contributed by atoms with Gasteiger partial charge in [0.2, 0.25) is 5.91 Å². The highest BCUT2D eigenvalue weighted by molar-refractivity contribution is 5.87. The highest BCUT2D eigenvalue weighted by Gasteiger charge is 2.57. The van der Waals surface area contributed by atoms with Crippen LogP contribution in [0.25, 0.3) is 0 Å². The van der Waals surface area contributed by atoms with Gasteiger partial charge >= 0.3 is 5.97 Å². The summed E-state index contributed by atoms with van der Waals surface area (Å²) in [6, 6.07) is 8.02. The number of nitrogens with zero attached hydrogens (tertiary/aromatic N) is 1. The second-order valence-electron chi connectivity index (χ2n) is 6.52. The number of amides is 1. The van der Waals surface area contributed by atoms with Gasteiger partial charge in [-0.05, 0) is 30.9 Å². The minimum absolute atomic E-state index is 0.00253. The lowest BCUT2D eigenvalue weighted by atomic mass is 9.78. The third-order valence-electron chi connectivity index (χ3n) is 5.44. The summed E-state index contributed by atoms with van der Waals surface area (Å²) in [6.45, 7) is 2.57. The van der Waals surface area contributed by atoms with Crippen LogP contribution in [0.3, 0.4) is 0 Å². The Morgan fingerprint density at radius 2 is 1.86 bits per heavy atom. The molecule has 3 aliphatic heterocycles. The summed E-state index contributed by atoms with van der Waals surface area (Å²) in [5.41, 5.74) is 2.31. The second-order valence-corrected chi connectivity index (χ2v) is 6.52. The Morgan fingerprint density at radius 3 is 2.55 bits per heavy atom. The average Bonchev–Trinajstić information content (AvgIpc) is 3.19. The van der Waals surface area contributed by atoms with Crippen LogP contribution in [0.4, 0.5) is 0 Å². The van der Waals surface area contributed by atoms with Crippen molar-refractivity contribution in [1.82, 2.24) is 4.90 Å². The second kappa shape index (κ2) is 4.81. The van der Waals surface area contributed by atoms with Gasteiger partial charge < -0.3 is 14.7 Å². The number of hydrogen-bond acceptors (Lipinski definition) is 3. The third-order valence-corrected chi connectivity index (χ3v) is 5.44. The highest BCUT2D eigenvalue weighted by Crippen LogP contribution is 2.46. The van der Waals surface area contributed by atoms with Crippen molar-refractivity contribution < 1.29 is 19.4 Å². The Labute approximate surface area is 128 Å². The summed E-state index contributed by atoms with van der Waals surface area (Å²) in [5, 5.41) is 9.49. The number of carboxylic acids is 1. The molecule has 1 aromatic carbocycles. The van der Waals surface area contributed by atoms with Crippen molar-refractivity contribution in [1.29, 1.82) is 0 Å². The molecule has 0 saturated carbocycles. The van der Waals surface area contributed by atoms with Crippen LogP contribution in [0, 0.1) is 11.8 Å². The van der Waals surface area contributed by atoms with Gasteiger partial charge in [0.25, 0.3) is 0 Å². The highest BCUT2D eigenvalue weighted by atomic mass is 16.5. The van der Waals surface area contributed by atoms with Crippen molar-refractivity contribution in [3.05, 3.63) is 35.4 Å². The number of aliphatic carboxylic acids is 1. The Balaban J connectivity index is 1.62. The molecule has 0 aliphatic carbocycles. The van der Waals surface area contributed by atoms with Crippen LogP contribution in [0.15, 0.2) is 24.3 Å². The van der Waals surface area contributed by atoms with E-state index in [2.05, 4.69) is 0 Å². The van der Waals surface area contributed by atoms with Crippen LogP contribution in [-0.4, -0.2) is 34.1 Å². The molecule has 1 N–H and O–H groups in total. The Bertz CT molecular complexity index is 643. The Kier molecular flexibility index (Phi) is 3.01. The standard InChI is InChI=1S/C17H19NO4/c1-9-11-5-3-2-4-10(11)8-18(9)16(19)14-12-6-7-13(22-12)15(14)17(20)21/h2-5,9,12-15H,6-8H2,1H3,(H,20,21)/t9?,12-,13+,14-,15+/m0/s1. The number of carboxylic acid groups (broad SMARTS) is 1. The first kappa shape index (κ1) is 13.8. The van der Waals surface area contributed by atoms with Crippen LogP contribution in [-0.2, 0) is 20.9 Å². The molecule has 4 rings (SSSR count). The number of fused-ring (bicyclic) bond motifs is 3. The van der Waals surface area contributed by atoms with E-state index in [4.69, 9.17) is 4.74 Å². The van der Waals surface area contributed by atoms with Gasteiger partial charge in [-0.15, -0.1) is 0 Å². The van der Waals surface area contributed by atoms with E-state index in [1.165, 1.54) is 0 Å². The first-order valence-corrected chi connectivity index (χ1v) is 7.84. The van der Waals surface area contributed by atoms with Gasteiger partial charge in [0.1, 0.15) is 0 Å². The summed E-state index contributed by atoms with van der Waals surface area (Å²) >= 11 is 0. The zero-order chi connectivity index (χ0) is 15.4. The molecule has 3 aliphatic rings. The largest absolute Gasteiger partial charge is 0.481 e. The fraction of sp³-hybridized carbons (Fsp3) is 0.529. The van der Waals surface area contributed by atoms with Gasteiger partial charge in [0.15, 0.2) is 0 Å². The summed E-state index contributed by atoms with van der Waals surface area (Å²) in [7, 11) is 0. The molecule has 0 aromatic heterocycles. The average molecular weight is 301 g/mol. The maximum Gasteiger partial charge on any atom is 0.310 e. The molecule has 2 bridgehead atoms. The molecule has 5 heteroatoms. The van der Waals surface area contributed by atoms with Crippen molar-refractivity contribution in [2.45, 2.75) is 44.6 Å². The summed E-state index contributed by atoms with van der Waals surface area (Å²) in [5.74, 6) is -2.20. The number of carbonyl (C=O) groups is 2. The van der Waals surface area contributed by atoms with Crippen LogP contribution >= 0.6 is 0 Å². The quantitative estimate of drug-likeness (QED) is 0.907. The molecule has 5 atom stereocenters. The van der Waals surface area contributed by atoms with E-state index in [0.717, 1.165) is 24.0 Å². The van der Waals surface area contributed by atoms with Crippen molar-refractivity contribution in [3.63, 3.8) is 0 Å². The molecule has 2 fully saturated rings. The SMILES string of the molecule is CC1c2ccccc2CN1C(=O)[C@@H]1[C@H](C(=O)O)[C@H]2CC[C@@H]1O2. The lowest BCUT2D eigenvalue weighted by Gasteiger charge is -2.30. The molecule has 1 amide bonds. The first-order valence-electron chi connectivity index (χ1n) is 7.84. The minimum Gasteiger partial charge on any atom is -0.481 e. The monoisotopic (exact) mass is 301 g/mol. The van der Waals surface area contributed by atoms with Crippen molar-refractivity contribution in [2.75, 3.05) is 0 Å². The van der Waals surface area contributed by atoms with E-state index in [0.29, 0.717) is 6.54 Å². The maximum absolute atomic E-state index is 13.0. The van der Waals surface area contributed by atoms with Gasteiger partial charge in [-0.3, -0.25) is 9.59 Å². The lowest BCUT2D eigenvalue weighted by Crippen LogP contribution is -2.44. The molecule has 1 aromatic rings. The lowest BCUT2D eigenvalue weighted by molar-refractivity contribution is -0.151. The van der Waals surface area contributed by atoms with E-state index >= 15 is 0 Å². The number of hydrogen-bond donors (Lipinski definition) is 1. The van der Waals surface area contributed by atoms with Crippen LogP contribution in [0.5, 0.6) is 0 Å². The third kappa shape index (κ3) is 1.81. The smallest absolute Gasteiger partial charge is 0.310 e. The Hall–Kier alpha value is -1.88. The van der Waals surface area contributed by atoms with Crippen LogP contribution < -0.4 is 0 Å². The number of ether oxygens (including phenoxy) is 1. The minimum atomic E-state index is -0.907. The summed E-state index contributed by atoms with van der Waals surface area (Å²) < 4.78 is 5.72. The van der Waals surface area contributed by atoms with E-state index in [9.17, 15) is 14.7 Å². The molecular weight excluding hydrogens is 282 g/mol. The number of benzene rings is 1. The fourth-order valence-corrected chi connectivity index (χ4v) is 4.34. The molecular formula is C17H19NO4. The normalized spacial score (nSPS) is 35.7. The first-order chi connectivity index (χ1) is 10.6.